The van der Waals surface area contributed by atoms with Gasteiger partial charge in [-0.15, -0.1) is 11.3 Å². The maximum Gasteiger partial charge on any atom is 0.250 e. The van der Waals surface area contributed by atoms with E-state index >= 15 is 0 Å². The van der Waals surface area contributed by atoms with Crippen LogP contribution in [-0.4, -0.2) is 60.2 Å². The molecule has 3 heterocycles. The smallest absolute Gasteiger partial charge is 0.250 e. The van der Waals surface area contributed by atoms with Gasteiger partial charge in [0.15, 0.2) is 5.76 Å². The van der Waals surface area contributed by atoms with Crippen LogP contribution in [0.5, 0.6) is 0 Å². The first-order valence-corrected chi connectivity index (χ1v) is 11.5. The highest BCUT2D eigenvalue weighted by molar-refractivity contribution is 7.13. The van der Waals surface area contributed by atoms with Crippen molar-refractivity contribution in [3.8, 4) is 10.6 Å². The van der Waals surface area contributed by atoms with E-state index in [9.17, 15) is 4.79 Å². The number of carbonyl (C=O) groups is 1. The fourth-order valence-corrected chi connectivity index (χ4v) is 4.25. The maximum absolute atomic E-state index is 12.2. The summed E-state index contributed by atoms with van der Waals surface area (Å²) in [5, 5.41) is 8.85. The first kappa shape index (κ1) is 21.7. The molecule has 0 saturated carbocycles. The first-order valence-electron chi connectivity index (χ1n) is 10.6. The van der Waals surface area contributed by atoms with Gasteiger partial charge in [0.05, 0.1) is 11.5 Å². The van der Waals surface area contributed by atoms with Crippen LogP contribution in [0.3, 0.4) is 0 Å². The van der Waals surface area contributed by atoms with Gasteiger partial charge in [0.1, 0.15) is 12.3 Å². The topological polar surface area (TPSA) is 70.8 Å². The van der Waals surface area contributed by atoms with Crippen molar-refractivity contribution >= 4 is 22.9 Å². The van der Waals surface area contributed by atoms with Crippen LogP contribution in [0.1, 0.15) is 18.2 Å². The zero-order chi connectivity index (χ0) is 21.5. The van der Waals surface area contributed by atoms with Crippen LogP contribution in [0, 0.1) is 0 Å². The van der Waals surface area contributed by atoms with E-state index in [-0.39, 0.29) is 19.1 Å². The molecule has 1 amide bonds. The summed E-state index contributed by atoms with van der Waals surface area (Å²) in [6.07, 6.45) is 0. The second kappa shape index (κ2) is 10.7. The number of benzene rings is 1. The number of likely N-dealkylation sites (N-methyl/N-ethyl adjacent to an activating group) is 1. The summed E-state index contributed by atoms with van der Waals surface area (Å²) < 4.78 is 10.8. The van der Waals surface area contributed by atoms with E-state index < -0.39 is 0 Å². The molecule has 2 aromatic heterocycles. The Morgan fingerprint density at radius 2 is 1.94 bits per heavy atom. The lowest BCUT2D eigenvalue weighted by Crippen LogP contribution is -2.45. The second-order valence-corrected chi connectivity index (χ2v) is 8.56. The molecule has 1 saturated heterocycles. The summed E-state index contributed by atoms with van der Waals surface area (Å²) in [6.45, 7) is 8.94. The Labute approximate surface area is 186 Å². The number of carbonyl (C=O) groups excluding carboxylic acids is 1. The number of hydrogen-bond donors (Lipinski definition) is 1. The number of amides is 1. The summed E-state index contributed by atoms with van der Waals surface area (Å²) >= 11 is 1.59. The molecule has 1 fully saturated rings. The van der Waals surface area contributed by atoms with Gasteiger partial charge in [0.25, 0.3) is 0 Å². The Hall–Kier alpha value is -2.52. The van der Waals surface area contributed by atoms with Gasteiger partial charge in [0, 0.05) is 44.5 Å². The molecular formula is C23H28N4O3S. The SMILES string of the molecule is CCN1CCN(Cc2ccc(NC(=O)COCc3cc(-c4cccs4)on3)cc2)CC1. The van der Waals surface area contributed by atoms with Gasteiger partial charge in [-0.25, -0.2) is 0 Å². The van der Waals surface area contributed by atoms with E-state index in [1.165, 1.54) is 5.56 Å². The van der Waals surface area contributed by atoms with Crippen molar-refractivity contribution in [2.45, 2.75) is 20.1 Å². The molecule has 1 aliphatic heterocycles. The summed E-state index contributed by atoms with van der Waals surface area (Å²) in [5.74, 6) is 0.524. The van der Waals surface area contributed by atoms with Crippen molar-refractivity contribution in [3.05, 3.63) is 59.1 Å². The van der Waals surface area contributed by atoms with E-state index in [2.05, 4.69) is 39.3 Å². The van der Waals surface area contributed by atoms with E-state index in [1.54, 1.807) is 11.3 Å². The number of piperazine rings is 1. The standard InChI is InChI=1S/C23H28N4O3S/c1-2-26-9-11-27(12-10-26)15-18-5-7-19(8-6-18)24-23(28)17-29-16-20-14-21(30-25-20)22-4-3-13-31-22/h3-8,13-14H,2,9-12,15-17H2,1H3,(H,24,28). The minimum atomic E-state index is -0.189. The molecule has 0 radical (unpaired) electrons. The van der Waals surface area contributed by atoms with Gasteiger partial charge in [-0.1, -0.05) is 30.3 Å². The molecule has 0 unspecified atom stereocenters. The third-order valence-corrected chi connectivity index (χ3v) is 6.25. The van der Waals surface area contributed by atoms with Gasteiger partial charge in [-0.2, -0.15) is 0 Å². The molecule has 4 rings (SSSR count). The molecule has 0 spiro atoms. The fourth-order valence-electron chi connectivity index (χ4n) is 3.58. The minimum absolute atomic E-state index is 0.0371. The number of aromatic nitrogens is 1. The predicted molar refractivity (Wildman–Crippen MR) is 122 cm³/mol. The Kier molecular flexibility index (Phi) is 7.48. The summed E-state index contributed by atoms with van der Waals surface area (Å²) in [7, 11) is 0. The summed E-state index contributed by atoms with van der Waals surface area (Å²) in [6, 6.07) is 13.8. The highest BCUT2D eigenvalue weighted by Gasteiger charge is 2.15. The molecule has 0 aliphatic carbocycles. The lowest BCUT2D eigenvalue weighted by Gasteiger charge is -2.34. The van der Waals surface area contributed by atoms with Crippen molar-refractivity contribution in [1.29, 1.82) is 0 Å². The van der Waals surface area contributed by atoms with E-state index in [4.69, 9.17) is 9.26 Å². The van der Waals surface area contributed by atoms with E-state index in [0.717, 1.165) is 49.8 Å². The number of nitrogens with one attached hydrogen (secondary N) is 1. The normalized spacial score (nSPS) is 15.3. The first-order chi connectivity index (χ1) is 15.2. The monoisotopic (exact) mass is 440 g/mol. The molecule has 3 aromatic rings. The third-order valence-electron chi connectivity index (χ3n) is 5.36. The Bertz CT molecular complexity index is 948. The highest BCUT2D eigenvalue weighted by Crippen LogP contribution is 2.25. The molecule has 1 aliphatic rings. The molecular weight excluding hydrogens is 412 g/mol. The lowest BCUT2D eigenvalue weighted by atomic mass is 10.1. The molecule has 1 aromatic carbocycles. The zero-order valence-electron chi connectivity index (χ0n) is 17.8. The largest absolute Gasteiger partial charge is 0.365 e. The van der Waals surface area contributed by atoms with Crippen LogP contribution < -0.4 is 5.32 Å². The molecule has 8 heteroatoms. The molecule has 0 atom stereocenters. The van der Waals surface area contributed by atoms with Crippen LogP contribution in [-0.2, 0) is 22.7 Å². The van der Waals surface area contributed by atoms with Gasteiger partial charge in [-0.05, 0) is 35.7 Å². The zero-order valence-corrected chi connectivity index (χ0v) is 18.6. The molecule has 164 valence electrons. The van der Waals surface area contributed by atoms with Crippen LogP contribution in [0.25, 0.3) is 10.6 Å². The number of rotatable bonds is 9. The number of ether oxygens (including phenoxy) is 1. The maximum atomic E-state index is 12.2. The number of hydrogen-bond acceptors (Lipinski definition) is 7. The van der Waals surface area contributed by atoms with Gasteiger partial charge < -0.3 is 19.5 Å². The minimum Gasteiger partial charge on any atom is -0.365 e. The number of thiophene rings is 1. The second-order valence-electron chi connectivity index (χ2n) is 7.61. The fraction of sp³-hybridized carbons (Fsp3) is 0.391. The molecule has 31 heavy (non-hydrogen) atoms. The van der Waals surface area contributed by atoms with E-state index in [0.29, 0.717) is 11.5 Å². The lowest BCUT2D eigenvalue weighted by molar-refractivity contribution is -0.121. The van der Waals surface area contributed by atoms with Crippen molar-refractivity contribution in [2.24, 2.45) is 0 Å². The van der Waals surface area contributed by atoms with Crippen LogP contribution in [0.15, 0.2) is 52.4 Å². The quantitative estimate of drug-likeness (QED) is 0.547. The highest BCUT2D eigenvalue weighted by atomic mass is 32.1. The average molecular weight is 441 g/mol. The van der Waals surface area contributed by atoms with Crippen LogP contribution >= 0.6 is 11.3 Å². The van der Waals surface area contributed by atoms with E-state index in [1.807, 2.05) is 35.7 Å². The molecule has 0 bridgehead atoms. The third kappa shape index (κ3) is 6.24. The van der Waals surface area contributed by atoms with Crippen LogP contribution in [0.4, 0.5) is 5.69 Å². The Morgan fingerprint density at radius 1 is 1.16 bits per heavy atom. The number of nitrogens with zero attached hydrogens (tertiary/aromatic N) is 3. The number of anilines is 1. The van der Waals surface area contributed by atoms with Gasteiger partial charge >= 0.3 is 0 Å². The summed E-state index contributed by atoms with van der Waals surface area (Å²) in [5.41, 5.74) is 2.70. The van der Waals surface area contributed by atoms with Crippen LogP contribution in [0.2, 0.25) is 0 Å². The average Bonchev–Trinajstić information content (AvgIpc) is 3.48. The molecule has 7 nitrogen and oxygen atoms in total. The van der Waals surface area contributed by atoms with Crippen molar-refractivity contribution in [3.63, 3.8) is 0 Å². The predicted octanol–water partition coefficient (Wildman–Crippen LogP) is 3.70. The van der Waals surface area contributed by atoms with Gasteiger partial charge in [0.2, 0.25) is 5.91 Å². The Balaban J connectivity index is 1.18. The Morgan fingerprint density at radius 3 is 2.65 bits per heavy atom. The summed E-state index contributed by atoms with van der Waals surface area (Å²) in [4.78, 5) is 18.1. The van der Waals surface area contributed by atoms with Gasteiger partial charge in [-0.3, -0.25) is 9.69 Å². The van der Waals surface area contributed by atoms with Crippen molar-refractivity contribution in [2.75, 3.05) is 44.6 Å². The van der Waals surface area contributed by atoms with Crippen molar-refractivity contribution in [1.82, 2.24) is 15.0 Å². The molecule has 1 N–H and O–H groups in total. The van der Waals surface area contributed by atoms with Crippen molar-refractivity contribution < 1.29 is 14.1 Å².